The second-order valence-corrected chi connectivity index (χ2v) is 14.4. The van der Waals surface area contributed by atoms with Crippen molar-refractivity contribution in [3.05, 3.63) is 176 Å². The maximum absolute atomic E-state index is 11.0. The van der Waals surface area contributed by atoms with Gasteiger partial charge in [0, 0.05) is 33.3 Å². The third-order valence-corrected chi connectivity index (χ3v) is 10.7. The number of hydrogen-bond donors (Lipinski definition) is 5. The van der Waals surface area contributed by atoms with E-state index < -0.39 is 34.3 Å². The van der Waals surface area contributed by atoms with Gasteiger partial charge in [-0.15, -0.1) is 0 Å². The molecule has 0 saturated heterocycles. The first-order valence-corrected chi connectivity index (χ1v) is 19.4. The van der Waals surface area contributed by atoms with E-state index in [9.17, 15) is 25.5 Å². The molecule has 10 heteroatoms. The third kappa shape index (κ3) is 6.45. The molecule has 2 aromatic heterocycles. The molecule has 10 rings (SSSR count). The number of fused-ring (bicyclic) bond motifs is 3. The Labute approximate surface area is 348 Å². The van der Waals surface area contributed by atoms with E-state index in [0.717, 1.165) is 44.7 Å². The number of para-hydroxylation sites is 1. The highest BCUT2D eigenvalue weighted by Gasteiger charge is 2.29. The number of phenolic OH excluding ortho intramolecular Hbond substituents is 5. The highest BCUT2D eigenvalue weighted by atomic mass is 16.4. The van der Waals surface area contributed by atoms with Crippen molar-refractivity contribution >= 4 is 39.0 Å². The van der Waals surface area contributed by atoms with Gasteiger partial charge in [-0.05, 0) is 64.7 Å². The van der Waals surface area contributed by atoms with Crippen molar-refractivity contribution < 1.29 is 29.9 Å². The van der Waals surface area contributed by atoms with Crippen LogP contribution in [0.15, 0.2) is 180 Å². The fourth-order valence-electron chi connectivity index (χ4n) is 7.69. The van der Waals surface area contributed by atoms with E-state index in [1.165, 1.54) is 0 Å². The summed E-state index contributed by atoms with van der Waals surface area (Å²) in [5.41, 5.74) is 8.62. The molecule has 0 aliphatic carbocycles. The molecule has 2 heterocycles. The minimum Gasteiger partial charge on any atom is -0.504 e. The molecule has 0 radical (unpaired) electrons. The lowest BCUT2D eigenvalue weighted by Gasteiger charge is -2.26. The fourth-order valence-corrected chi connectivity index (χ4v) is 7.69. The fraction of sp³-hybridized carbons (Fsp3) is 0. The van der Waals surface area contributed by atoms with Gasteiger partial charge in [0.2, 0.25) is 17.2 Å². The Morgan fingerprint density at radius 2 is 0.820 bits per heavy atom. The molecule has 0 fully saturated rings. The van der Waals surface area contributed by atoms with E-state index in [0.29, 0.717) is 27.7 Å². The first-order valence-electron chi connectivity index (χ1n) is 19.4. The summed E-state index contributed by atoms with van der Waals surface area (Å²) in [6.07, 6.45) is 0. The van der Waals surface area contributed by atoms with Crippen LogP contribution in [0.25, 0.3) is 78.4 Å². The van der Waals surface area contributed by atoms with Gasteiger partial charge in [0.05, 0.1) is 5.69 Å². The zero-order valence-corrected chi connectivity index (χ0v) is 32.2. The maximum Gasteiger partial charge on any atom is 0.208 e. The molecule has 61 heavy (non-hydrogen) atoms. The number of benzene rings is 8. The standard InChI is InChI=1S/C51H34N4O6/c56-43-42(44(57)46(59)47(60)45(43)58)51-53-49(34-16-8-3-9-17-34)52-50(54-51)38-28-29-39(48-41(38)37-18-10-11-19-40(37)61-48)55(35-24-20-32(21-25-35)30-12-4-1-5-13-30)36-26-22-33(23-27-36)31-14-6-2-7-15-31/h1-29,56-60H. The Hall–Kier alpha value is -8.63. The predicted molar refractivity (Wildman–Crippen MR) is 237 cm³/mol. The summed E-state index contributed by atoms with van der Waals surface area (Å²) >= 11 is 0. The van der Waals surface area contributed by atoms with Gasteiger partial charge < -0.3 is 34.8 Å². The van der Waals surface area contributed by atoms with Crippen LogP contribution >= 0.6 is 0 Å². The molecule has 0 bridgehead atoms. The van der Waals surface area contributed by atoms with Crippen LogP contribution in [0.4, 0.5) is 17.1 Å². The highest BCUT2D eigenvalue weighted by Crippen LogP contribution is 2.54. The number of aromatic nitrogens is 3. The van der Waals surface area contributed by atoms with Crippen LogP contribution in [0.3, 0.4) is 0 Å². The Balaban J connectivity index is 1.21. The van der Waals surface area contributed by atoms with Crippen molar-refractivity contribution in [3.63, 3.8) is 0 Å². The molecule has 0 spiro atoms. The predicted octanol–water partition coefficient (Wildman–Crippen LogP) is 12.1. The maximum atomic E-state index is 11.0. The number of furan rings is 1. The SMILES string of the molecule is Oc1c(O)c(O)c(-c2nc(-c3ccccc3)nc(-c3ccc(N(c4ccc(-c5ccccc5)cc4)c4ccc(-c5ccccc5)cc4)c4oc5ccccc5c34)n2)c(O)c1O. The van der Waals surface area contributed by atoms with Gasteiger partial charge in [0.1, 0.15) is 11.1 Å². The Kier molecular flexibility index (Phi) is 8.99. The van der Waals surface area contributed by atoms with Crippen molar-refractivity contribution in [3.8, 4) is 85.2 Å². The Bertz CT molecular complexity index is 3120. The van der Waals surface area contributed by atoms with Crippen molar-refractivity contribution in [2.45, 2.75) is 0 Å². The van der Waals surface area contributed by atoms with Crippen molar-refractivity contribution in [1.29, 1.82) is 0 Å². The van der Waals surface area contributed by atoms with Crippen LogP contribution in [0, 0.1) is 0 Å². The van der Waals surface area contributed by atoms with Gasteiger partial charge in [0.25, 0.3) is 0 Å². The van der Waals surface area contributed by atoms with Crippen molar-refractivity contribution in [2.75, 3.05) is 4.90 Å². The van der Waals surface area contributed by atoms with Gasteiger partial charge in [-0.1, -0.05) is 133 Å². The van der Waals surface area contributed by atoms with E-state index in [2.05, 4.69) is 82.7 Å². The van der Waals surface area contributed by atoms with Gasteiger partial charge in [0.15, 0.2) is 34.6 Å². The Morgan fingerprint density at radius 1 is 0.377 bits per heavy atom. The average Bonchev–Trinajstić information content (AvgIpc) is 3.72. The van der Waals surface area contributed by atoms with Crippen LogP contribution in [0.5, 0.6) is 28.7 Å². The van der Waals surface area contributed by atoms with Crippen LogP contribution < -0.4 is 4.90 Å². The summed E-state index contributed by atoms with van der Waals surface area (Å²) in [5, 5.41) is 54.7. The van der Waals surface area contributed by atoms with Gasteiger partial charge in [-0.2, -0.15) is 0 Å². The number of phenols is 5. The summed E-state index contributed by atoms with van der Waals surface area (Å²) in [6.45, 7) is 0. The van der Waals surface area contributed by atoms with Crippen molar-refractivity contribution in [2.24, 2.45) is 0 Å². The smallest absolute Gasteiger partial charge is 0.208 e. The van der Waals surface area contributed by atoms with Crippen LogP contribution in [-0.4, -0.2) is 40.5 Å². The minimum absolute atomic E-state index is 0.142. The van der Waals surface area contributed by atoms with Crippen LogP contribution in [0.2, 0.25) is 0 Å². The van der Waals surface area contributed by atoms with E-state index >= 15 is 0 Å². The molecular weight excluding hydrogens is 765 g/mol. The molecule has 0 amide bonds. The molecule has 0 unspecified atom stereocenters. The molecule has 0 aliphatic rings. The van der Waals surface area contributed by atoms with Crippen LogP contribution in [-0.2, 0) is 0 Å². The lowest BCUT2D eigenvalue weighted by atomic mass is 10.0. The molecule has 10 aromatic rings. The largest absolute Gasteiger partial charge is 0.504 e. The van der Waals surface area contributed by atoms with E-state index in [1.807, 2.05) is 91.0 Å². The average molecular weight is 799 g/mol. The molecule has 0 atom stereocenters. The van der Waals surface area contributed by atoms with Gasteiger partial charge in [-0.3, -0.25) is 0 Å². The Morgan fingerprint density at radius 3 is 1.38 bits per heavy atom. The zero-order chi connectivity index (χ0) is 41.6. The summed E-state index contributed by atoms with van der Waals surface area (Å²) in [4.78, 5) is 16.4. The number of anilines is 3. The molecule has 5 N–H and O–H groups in total. The lowest BCUT2D eigenvalue weighted by Crippen LogP contribution is -2.10. The molecule has 10 nitrogen and oxygen atoms in total. The summed E-state index contributed by atoms with van der Waals surface area (Å²) in [6, 6.07) is 57.7. The second kappa shape index (κ2) is 14.9. The minimum atomic E-state index is -1.09. The first-order chi connectivity index (χ1) is 29.8. The normalized spacial score (nSPS) is 11.3. The zero-order valence-electron chi connectivity index (χ0n) is 32.2. The first kappa shape index (κ1) is 36.7. The van der Waals surface area contributed by atoms with Crippen molar-refractivity contribution in [1.82, 2.24) is 15.0 Å². The summed E-state index contributed by atoms with van der Waals surface area (Å²) < 4.78 is 6.78. The molecule has 0 aliphatic heterocycles. The van der Waals surface area contributed by atoms with E-state index in [4.69, 9.17) is 14.4 Å². The summed E-state index contributed by atoms with van der Waals surface area (Å²) in [7, 11) is 0. The summed E-state index contributed by atoms with van der Waals surface area (Å²) in [5.74, 6) is -4.99. The number of rotatable bonds is 8. The monoisotopic (exact) mass is 798 g/mol. The lowest BCUT2D eigenvalue weighted by molar-refractivity contribution is 0.329. The molecule has 8 aromatic carbocycles. The van der Waals surface area contributed by atoms with E-state index in [1.54, 1.807) is 12.1 Å². The molecule has 0 saturated carbocycles. The van der Waals surface area contributed by atoms with Crippen LogP contribution in [0.1, 0.15) is 0 Å². The van der Waals surface area contributed by atoms with Gasteiger partial charge in [-0.25, -0.2) is 15.0 Å². The highest BCUT2D eigenvalue weighted by molar-refractivity contribution is 6.16. The topological polar surface area (TPSA) is 156 Å². The number of aromatic hydroxyl groups is 5. The molecular formula is C51H34N4O6. The number of nitrogens with zero attached hydrogens (tertiary/aromatic N) is 4. The number of hydrogen-bond acceptors (Lipinski definition) is 10. The van der Waals surface area contributed by atoms with E-state index in [-0.39, 0.29) is 17.5 Å². The third-order valence-electron chi connectivity index (χ3n) is 10.7. The second-order valence-electron chi connectivity index (χ2n) is 14.4. The van der Waals surface area contributed by atoms with Gasteiger partial charge >= 0.3 is 0 Å². The molecule has 294 valence electrons. The quantitative estimate of drug-likeness (QED) is 0.0740.